The minimum Gasteiger partial charge on any atom is -0.459 e. The van der Waals surface area contributed by atoms with Gasteiger partial charge in [-0.2, -0.15) is 5.10 Å². The van der Waals surface area contributed by atoms with Gasteiger partial charge in [-0.15, -0.1) is 0 Å². The minimum atomic E-state index is -0.542. The highest BCUT2D eigenvalue weighted by atomic mass is 35.5. The first-order valence-electron chi connectivity index (χ1n) is 6.28. The molecule has 0 unspecified atom stereocenters. The fourth-order valence-corrected chi connectivity index (χ4v) is 2.07. The van der Waals surface area contributed by atoms with Crippen LogP contribution in [0.1, 0.15) is 17.0 Å². The number of carbonyl (C=O) groups is 1. The zero-order valence-corrected chi connectivity index (χ0v) is 12.4. The van der Waals surface area contributed by atoms with Gasteiger partial charge in [-0.3, -0.25) is 9.48 Å². The van der Waals surface area contributed by atoms with E-state index in [2.05, 4.69) is 5.10 Å². The van der Waals surface area contributed by atoms with Crippen LogP contribution < -0.4 is 5.73 Å². The summed E-state index contributed by atoms with van der Waals surface area (Å²) in [4.78, 5) is 11.8. The number of ether oxygens (including phenoxy) is 1. The normalized spacial score (nSPS) is 10.7. The van der Waals surface area contributed by atoms with E-state index in [0.717, 1.165) is 0 Å². The van der Waals surface area contributed by atoms with E-state index in [9.17, 15) is 9.18 Å². The van der Waals surface area contributed by atoms with E-state index in [1.54, 1.807) is 13.8 Å². The Hall–Kier alpha value is -2.08. The zero-order valence-electron chi connectivity index (χ0n) is 11.7. The number of aryl methyl sites for hydroxylation is 1. The third kappa shape index (κ3) is 3.33. The van der Waals surface area contributed by atoms with Crippen molar-refractivity contribution in [2.75, 3.05) is 5.73 Å². The molecule has 0 spiro atoms. The van der Waals surface area contributed by atoms with Gasteiger partial charge in [0, 0.05) is 5.56 Å². The van der Waals surface area contributed by atoms with Crippen LogP contribution in [0.4, 0.5) is 10.1 Å². The van der Waals surface area contributed by atoms with Crippen molar-refractivity contribution in [2.45, 2.75) is 27.0 Å². The zero-order chi connectivity index (χ0) is 15.6. The van der Waals surface area contributed by atoms with Crippen LogP contribution in [-0.4, -0.2) is 15.7 Å². The second-order valence-electron chi connectivity index (χ2n) is 4.60. The highest BCUT2D eigenvalue weighted by Crippen LogP contribution is 2.20. The summed E-state index contributed by atoms with van der Waals surface area (Å²) in [5, 5.41) is 4.35. The fraction of sp³-hybridized carbons (Fsp3) is 0.286. The minimum absolute atomic E-state index is 0.0874. The molecule has 0 aliphatic heterocycles. The highest BCUT2D eigenvalue weighted by molar-refractivity contribution is 6.31. The van der Waals surface area contributed by atoms with Crippen molar-refractivity contribution in [1.82, 2.24) is 9.78 Å². The van der Waals surface area contributed by atoms with Gasteiger partial charge in [0.1, 0.15) is 19.0 Å². The Bertz CT molecular complexity index is 665. The van der Waals surface area contributed by atoms with Crippen LogP contribution in [0.15, 0.2) is 18.2 Å². The molecule has 112 valence electrons. The molecule has 0 radical (unpaired) electrons. The summed E-state index contributed by atoms with van der Waals surface area (Å²) in [5.74, 6) is -1.05. The predicted molar refractivity (Wildman–Crippen MR) is 77.3 cm³/mol. The van der Waals surface area contributed by atoms with Gasteiger partial charge >= 0.3 is 5.97 Å². The second-order valence-corrected chi connectivity index (χ2v) is 5.01. The molecule has 0 saturated heterocycles. The Kier molecular flexibility index (Phi) is 4.47. The van der Waals surface area contributed by atoms with Crippen molar-refractivity contribution in [1.29, 1.82) is 0 Å². The molecular formula is C14H15ClFN3O2. The molecule has 0 saturated carbocycles. The lowest BCUT2D eigenvalue weighted by atomic mass is 10.2. The number of nitrogens with two attached hydrogens (primary N) is 1. The number of rotatable bonds is 4. The molecule has 1 heterocycles. The summed E-state index contributed by atoms with van der Waals surface area (Å²) in [6.07, 6.45) is 0. The first-order chi connectivity index (χ1) is 9.90. The summed E-state index contributed by atoms with van der Waals surface area (Å²) in [7, 11) is 0. The van der Waals surface area contributed by atoms with Crippen LogP contribution in [0.2, 0.25) is 5.02 Å². The molecule has 2 N–H and O–H groups in total. The maximum absolute atomic E-state index is 13.5. The standard InChI is InChI=1S/C14H15ClFN3O2/c1-8-14(17)9(2)19(18-8)6-13(20)21-7-10-11(15)4-3-5-12(10)16/h3-5H,6-7,17H2,1-2H3. The van der Waals surface area contributed by atoms with Crippen LogP contribution in [0.3, 0.4) is 0 Å². The van der Waals surface area contributed by atoms with Crippen molar-refractivity contribution in [3.8, 4) is 0 Å². The molecule has 0 atom stereocenters. The molecule has 1 aromatic carbocycles. The number of benzene rings is 1. The van der Waals surface area contributed by atoms with Crippen molar-refractivity contribution in [2.24, 2.45) is 0 Å². The summed E-state index contributed by atoms with van der Waals surface area (Å²) < 4.78 is 20.0. The molecule has 0 aliphatic carbocycles. The van der Waals surface area contributed by atoms with Crippen LogP contribution >= 0.6 is 11.6 Å². The SMILES string of the molecule is Cc1nn(CC(=O)OCc2c(F)cccc2Cl)c(C)c1N. The number of hydrogen-bond acceptors (Lipinski definition) is 4. The van der Waals surface area contributed by atoms with E-state index >= 15 is 0 Å². The van der Waals surface area contributed by atoms with Gasteiger partial charge in [-0.25, -0.2) is 4.39 Å². The Balaban J connectivity index is 2.01. The first kappa shape index (κ1) is 15.3. The number of anilines is 1. The number of esters is 1. The third-order valence-electron chi connectivity index (χ3n) is 3.16. The molecular weight excluding hydrogens is 297 g/mol. The smallest absolute Gasteiger partial charge is 0.328 e. The quantitative estimate of drug-likeness (QED) is 0.881. The molecule has 5 nitrogen and oxygen atoms in total. The van der Waals surface area contributed by atoms with E-state index in [-0.39, 0.29) is 23.7 Å². The number of halogens is 2. The Morgan fingerprint density at radius 2 is 2.19 bits per heavy atom. The number of nitrogen functional groups attached to an aromatic ring is 1. The lowest BCUT2D eigenvalue weighted by Crippen LogP contribution is -2.16. The molecule has 7 heteroatoms. The lowest BCUT2D eigenvalue weighted by molar-refractivity contribution is -0.146. The van der Waals surface area contributed by atoms with E-state index in [1.165, 1.54) is 22.9 Å². The fourth-order valence-electron chi connectivity index (χ4n) is 1.86. The predicted octanol–water partition coefficient (Wildman–Crippen LogP) is 2.62. The van der Waals surface area contributed by atoms with Crippen molar-refractivity contribution >= 4 is 23.3 Å². The second kappa shape index (κ2) is 6.13. The van der Waals surface area contributed by atoms with Crippen LogP contribution in [0.25, 0.3) is 0 Å². The molecule has 0 aliphatic rings. The summed E-state index contributed by atoms with van der Waals surface area (Å²) in [5.41, 5.74) is 7.81. The molecule has 21 heavy (non-hydrogen) atoms. The Labute approximate surface area is 126 Å². The largest absolute Gasteiger partial charge is 0.459 e. The van der Waals surface area contributed by atoms with Gasteiger partial charge in [-0.05, 0) is 26.0 Å². The number of aromatic nitrogens is 2. The van der Waals surface area contributed by atoms with Gasteiger partial charge in [0.25, 0.3) is 0 Å². The van der Waals surface area contributed by atoms with Gasteiger partial charge in [0.15, 0.2) is 0 Å². The summed E-state index contributed by atoms with van der Waals surface area (Å²) >= 11 is 5.86. The molecule has 1 aromatic heterocycles. The lowest BCUT2D eigenvalue weighted by Gasteiger charge is -2.08. The van der Waals surface area contributed by atoms with Crippen LogP contribution in [-0.2, 0) is 22.7 Å². The van der Waals surface area contributed by atoms with E-state index in [1.807, 2.05) is 0 Å². The summed E-state index contributed by atoms with van der Waals surface area (Å²) in [6, 6.07) is 4.29. The van der Waals surface area contributed by atoms with Crippen molar-refractivity contribution in [3.05, 3.63) is 46.0 Å². The monoisotopic (exact) mass is 311 g/mol. The number of hydrogen-bond donors (Lipinski definition) is 1. The van der Waals surface area contributed by atoms with Crippen molar-refractivity contribution in [3.63, 3.8) is 0 Å². The average Bonchev–Trinajstić information content (AvgIpc) is 2.66. The highest BCUT2D eigenvalue weighted by Gasteiger charge is 2.14. The van der Waals surface area contributed by atoms with Crippen molar-refractivity contribution < 1.29 is 13.9 Å². The molecule has 0 fully saturated rings. The van der Waals surface area contributed by atoms with E-state index in [4.69, 9.17) is 22.1 Å². The van der Waals surface area contributed by atoms with Crippen LogP contribution in [0, 0.1) is 19.7 Å². The van der Waals surface area contributed by atoms with Crippen LogP contribution in [0.5, 0.6) is 0 Å². The number of nitrogens with zero attached hydrogens (tertiary/aromatic N) is 2. The van der Waals surface area contributed by atoms with Gasteiger partial charge < -0.3 is 10.5 Å². The topological polar surface area (TPSA) is 70.1 Å². The Morgan fingerprint density at radius 1 is 1.48 bits per heavy atom. The maximum atomic E-state index is 13.5. The van der Waals surface area contributed by atoms with Gasteiger partial charge in [-0.1, -0.05) is 17.7 Å². The summed E-state index contributed by atoms with van der Waals surface area (Å²) in [6.45, 7) is 3.20. The Morgan fingerprint density at radius 3 is 2.76 bits per heavy atom. The molecule has 2 rings (SSSR count). The molecule has 0 bridgehead atoms. The molecule has 2 aromatic rings. The van der Waals surface area contributed by atoms with E-state index < -0.39 is 11.8 Å². The number of carbonyl (C=O) groups excluding carboxylic acids is 1. The maximum Gasteiger partial charge on any atom is 0.328 e. The van der Waals surface area contributed by atoms with Gasteiger partial charge in [0.05, 0.1) is 22.1 Å². The first-order valence-corrected chi connectivity index (χ1v) is 6.66. The average molecular weight is 312 g/mol. The van der Waals surface area contributed by atoms with Gasteiger partial charge in [0.2, 0.25) is 0 Å². The van der Waals surface area contributed by atoms with E-state index in [0.29, 0.717) is 17.1 Å². The molecule has 0 amide bonds. The third-order valence-corrected chi connectivity index (χ3v) is 3.51.